The summed E-state index contributed by atoms with van der Waals surface area (Å²) in [6, 6.07) is 8.07. The minimum absolute atomic E-state index is 0.0124. The van der Waals surface area contributed by atoms with Crippen molar-refractivity contribution < 1.29 is 14.7 Å². The number of likely N-dealkylation sites (tertiary alicyclic amines) is 1. The van der Waals surface area contributed by atoms with Crippen molar-refractivity contribution in [2.45, 2.75) is 65.1 Å². The summed E-state index contributed by atoms with van der Waals surface area (Å²) in [5.41, 5.74) is 8.02. The molecule has 1 aromatic heterocycles. The predicted octanol–water partition coefficient (Wildman–Crippen LogP) is 2.97. The Hall–Kier alpha value is -2.95. The zero-order valence-corrected chi connectivity index (χ0v) is 24.7. The van der Waals surface area contributed by atoms with Crippen LogP contribution in [0.2, 0.25) is 5.15 Å². The highest BCUT2D eigenvalue weighted by molar-refractivity contribution is 6.32. The van der Waals surface area contributed by atoms with Gasteiger partial charge >= 0.3 is 0 Å². The summed E-state index contributed by atoms with van der Waals surface area (Å²) in [4.78, 5) is 41.1. The minimum Gasteiger partial charge on any atom is -0.394 e. The van der Waals surface area contributed by atoms with Crippen molar-refractivity contribution in [2.75, 3.05) is 50.0 Å². The van der Waals surface area contributed by atoms with Crippen LogP contribution in [0.3, 0.4) is 0 Å². The van der Waals surface area contributed by atoms with Gasteiger partial charge in [-0.1, -0.05) is 50.1 Å². The predicted molar refractivity (Wildman–Crippen MR) is 158 cm³/mol. The van der Waals surface area contributed by atoms with E-state index < -0.39 is 11.9 Å². The number of carbonyl (C=O) groups is 2. The van der Waals surface area contributed by atoms with E-state index in [0.29, 0.717) is 18.4 Å². The van der Waals surface area contributed by atoms with Crippen molar-refractivity contribution in [3.63, 3.8) is 0 Å². The van der Waals surface area contributed by atoms with Crippen molar-refractivity contribution in [2.24, 2.45) is 5.92 Å². The van der Waals surface area contributed by atoms with Crippen LogP contribution in [0.25, 0.3) is 0 Å². The number of halogens is 1. The molecule has 11 heteroatoms. The molecule has 4 N–H and O–H groups in total. The normalized spacial score (nSPS) is 19.6. The zero-order chi connectivity index (χ0) is 29.0. The lowest BCUT2D eigenvalue weighted by molar-refractivity contribution is 0.0490. The summed E-state index contributed by atoms with van der Waals surface area (Å²) < 4.78 is 0. The number of piperidine rings is 1. The number of piperazine rings is 1. The highest BCUT2D eigenvalue weighted by atomic mass is 35.5. The second-order valence-electron chi connectivity index (χ2n) is 11.2. The van der Waals surface area contributed by atoms with Crippen LogP contribution >= 0.6 is 11.6 Å². The highest BCUT2D eigenvalue weighted by Crippen LogP contribution is 2.30. The smallest absolute Gasteiger partial charge is 0.274 e. The monoisotopic (exact) mass is 571 g/mol. The average Bonchev–Trinajstić information content (AvgIpc) is 2.96. The molecule has 2 aliphatic rings. The maximum Gasteiger partial charge on any atom is 0.274 e. The molecular weight excluding hydrogens is 530 g/mol. The average molecular weight is 572 g/mol. The van der Waals surface area contributed by atoms with E-state index in [1.54, 1.807) is 0 Å². The van der Waals surface area contributed by atoms with Crippen LogP contribution in [0, 0.1) is 12.8 Å². The number of aliphatic hydroxyl groups is 1. The van der Waals surface area contributed by atoms with Crippen molar-refractivity contribution in [1.82, 2.24) is 25.1 Å². The van der Waals surface area contributed by atoms with E-state index in [9.17, 15) is 14.7 Å². The number of carbonyl (C=O) groups excluding carboxylic acids is 2. The first-order valence-electron chi connectivity index (χ1n) is 14.2. The van der Waals surface area contributed by atoms with E-state index in [0.717, 1.165) is 56.6 Å². The Balaban J connectivity index is 1.38. The largest absolute Gasteiger partial charge is 0.394 e. The first kappa shape index (κ1) is 30.0. The van der Waals surface area contributed by atoms with Gasteiger partial charge in [0.15, 0.2) is 22.5 Å². The Morgan fingerprint density at radius 2 is 1.80 bits per heavy atom. The summed E-state index contributed by atoms with van der Waals surface area (Å²) in [5, 5.41) is 12.4. The topological polar surface area (TPSA) is 128 Å². The SMILES string of the molecule is CC[C@H]1CN(c2nc(N)c(C(=O)N[C@H](CO)C(C)C)nc2Cl)CCN1C1CCN(C(=O)c2ccc(C)cc2)CC1. The number of aliphatic hydroxyl groups excluding tert-OH is 1. The quantitative estimate of drug-likeness (QED) is 0.441. The molecule has 0 saturated carbocycles. The van der Waals surface area contributed by atoms with E-state index in [1.165, 1.54) is 0 Å². The molecule has 0 unspecified atom stereocenters. The molecule has 2 aromatic rings. The second kappa shape index (κ2) is 13.1. The molecule has 218 valence electrons. The third-order valence-corrected chi connectivity index (χ3v) is 8.47. The molecule has 1 aromatic carbocycles. The van der Waals surface area contributed by atoms with Gasteiger partial charge in [-0.15, -0.1) is 0 Å². The van der Waals surface area contributed by atoms with E-state index in [4.69, 9.17) is 17.3 Å². The zero-order valence-electron chi connectivity index (χ0n) is 23.9. The van der Waals surface area contributed by atoms with Crippen molar-refractivity contribution in [1.29, 1.82) is 0 Å². The van der Waals surface area contributed by atoms with Crippen molar-refractivity contribution >= 4 is 35.1 Å². The lowest BCUT2D eigenvalue weighted by atomic mass is 9.97. The molecule has 0 bridgehead atoms. The fourth-order valence-corrected chi connectivity index (χ4v) is 5.88. The van der Waals surface area contributed by atoms with Crippen LogP contribution in [0.15, 0.2) is 24.3 Å². The van der Waals surface area contributed by atoms with Gasteiger partial charge in [0.25, 0.3) is 11.8 Å². The molecule has 0 aliphatic carbocycles. The van der Waals surface area contributed by atoms with Crippen LogP contribution in [0.4, 0.5) is 11.6 Å². The van der Waals surface area contributed by atoms with Crippen molar-refractivity contribution in [3.8, 4) is 0 Å². The van der Waals surface area contributed by atoms with Gasteiger partial charge in [-0.2, -0.15) is 0 Å². The lowest BCUT2D eigenvalue weighted by Crippen LogP contribution is -2.58. The number of amides is 2. The molecule has 40 heavy (non-hydrogen) atoms. The molecule has 2 saturated heterocycles. The van der Waals surface area contributed by atoms with Crippen LogP contribution in [0.5, 0.6) is 0 Å². The summed E-state index contributed by atoms with van der Waals surface area (Å²) in [7, 11) is 0. The van der Waals surface area contributed by atoms with E-state index >= 15 is 0 Å². The van der Waals surface area contributed by atoms with Crippen LogP contribution in [-0.2, 0) is 0 Å². The van der Waals surface area contributed by atoms with Gasteiger partial charge in [-0.3, -0.25) is 14.5 Å². The van der Waals surface area contributed by atoms with Crippen LogP contribution in [-0.4, -0.2) is 94.1 Å². The molecular formula is C29H42ClN7O3. The summed E-state index contributed by atoms with van der Waals surface area (Å²) in [6.07, 6.45) is 2.84. The van der Waals surface area contributed by atoms with Crippen LogP contribution < -0.4 is 16.0 Å². The van der Waals surface area contributed by atoms with Gasteiger partial charge in [0.1, 0.15) is 0 Å². The number of nitrogens with zero attached hydrogens (tertiary/aromatic N) is 5. The maximum absolute atomic E-state index is 13.0. The first-order valence-corrected chi connectivity index (χ1v) is 14.6. The third-order valence-electron chi connectivity index (χ3n) is 8.21. The number of benzene rings is 1. The molecule has 0 spiro atoms. The van der Waals surface area contributed by atoms with Gasteiger partial charge in [-0.05, 0) is 44.2 Å². The minimum atomic E-state index is -0.505. The number of hydrogen-bond acceptors (Lipinski definition) is 8. The molecule has 2 atom stereocenters. The fourth-order valence-electron chi connectivity index (χ4n) is 5.63. The Bertz CT molecular complexity index is 1180. The van der Waals surface area contributed by atoms with E-state index in [-0.39, 0.29) is 41.1 Å². The number of hydrogen-bond donors (Lipinski definition) is 3. The molecule has 0 radical (unpaired) electrons. The van der Waals surface area contributed by atoms with Gasteiger partial charge in [0.2, 0.25) is 0 Å². The second-order valence-corrected chi connectivity index (χ2v) is 11.6. The van der Waals surface area contributed by atoms with Crippen molar-refractivity contribution in [3.05, 3.63) is 46.2 Å². The maximum atomic E-state index is 13.0. The van der Waals surface area contributed by atoms with E-state index in [2.05, 4.69) is 32.0 Å². The Labute approximate surface area is 241 Å². The Morgan fingerprint density at radius 3 is 2.40 bits per heavy atom. The molecule has 2 fully saturated rings. The number of rotatable bonds is 8. The fraction of sp³-hybridized carbons (Fsp3) is 0.586. The van der Waals surface area contributed by atoms with Gasteiger partial charge in [0, 0.05) is 50.4 Å². The number of aromatic nitrogens is 2. The number of nitrogens with two attached hydrogens (primary N) is 1. The highest BCUT2D eigenvalue weighted by Gasteiger charge is 2.35. The van der Waals surface area contributed by atoms with E-state index in [1.807, 2.05) is 49.9 Å². The standard InChI is InChI=1S/C29H42ClN7O3/c1-5-21-16-36(27-25(30)33-24(26(31)34-27)28(39)32-23(17-38)18(2)3)14-15-37(21)22-10-12-35(13-11-22)29(40)20-8-6-19(4)7-9-20/h6-9,18,21-23,38H,5,10-17H2,1-4H3,(H2,31,34)(H,32,39)/t21-,23+/m0/s1. The molecule has 4 rings (SSSR count). The summed E-state index contributed by atoms with van der Waals surface area (Å²) >= 11 is 6.54. The number of aryl methyl sites for hydroxylation is 1. The van der Waals surface area contributed by atoms with Gasteiger partial charge < -0.3 is 26.0 Å². The molecule has 3 heterocycles. The Kier molecular flexibility index (Phi) is 9.86. The summed E-state index contributed by atoms with van der Waals surface area (Å²) in [6.45, 7) is 11.6. The van der Waals surface area contributed by atoms with Gasteiger partial charge in [0.05, 0.1) is 12.6 Å². The Morgan fingerprint density at radius 1 is 1.12 bits per heavy atom. The van der Waals surface area contributed by atoms with Crippen LogP contribution in [0.1, 0.15) is 66.4 Å². The first-order chi connectivity index (χ1) is 19.1. The third kappa shape index (κ3) is 6.67. The summed E-state index contributed by atoms with van der Waals surface area (Å²) in [5.74, 6) is 0.137. The molecule has 10 nitrogen and oxygen atoms in total. The molecule has 2 amide bonds. The lowest BCUT2D eigenvalue weighted by Gasteiger charge is -2.47. The molecule has 2 aliphatic heterocycles. The van der Waals surface area contributed by atoms with Gasteiger partial charge in [-0.25, -0.2) is 9.97 Å². The number of nitrogen functional groups attached to an aromatic ring is 1. The number of anilines is 2. The number of nitrogens with one attached hydrogen (secondary N) is 1.